The standard InChI is InChI=1S/C10H19F3N2O2S.ClH/c11-10(12,13)4-1-7-18(16,17)15-6-3-9-2-5-14-8-9;/h9,14-15H,1-8H2;1H. The molecule has 0 bridgehead atoms. The highest BCUT2D eigenvalue weighted by atomic mass is 35.5. The minimum absolute atomic E-state index is 0. The smallest absolute Gasteiger partial charge is 0.316 e. The summed E-state index contributed by atoms with van der Waals surface area (Å²) >= 11 is 0. The molecule has 9 heteroatoms. The molecule has 1 saturated heterocycles. The molecule has 1 atom stereocenters. The summed E-state index contributed by atoms with van der Waals surface area (Å²) < 4.78 is 60.7. The third kappa shape index (κ3) is 9.48. The van der Waals surface area contributed by atoms with E-state index in [1.54, 1.807) is 0 Å². The van der Waals surface area contributed by atoms with Crippen LogP contribution in [0.4, 0.5) is 13.2 Å². The molecule has 0 amide bonds. The van der Waals surface area contributed by atoms with Gasteiger partial charge in [-0.2, -0.15) is 13.2 Å². The van der Waals surface area contributed by atoms with Crippen molar-refractivity contribution in [2.24, 2.45) is 5.92 Å². The largest absolute Gasteiger partial charge is 0.389 e. The Morgan fingerprint density at radius 2 is 2.00 bits per heavy atom. The highest BCUT2D eigenvalue weighted by Gasteiger charge is 2.27. The van der Waals surface area contributed by atoms with Crippen LogP contribution in [0.5, 0.6) is 0 Å². The van der Waals surface area contributed by atoms with Crippen molar-refractivity contribution in [2.75, 3.05) is 25.4 Å². The molecule has 1 aliphatic rings. The molecule has 116 valence electrons. The van der Waals surface area contributed by atoms with E-state index in [0.29, 0.717) is 12.5 Å². The molecule has 1 heterocycles. The van der Waals surface area contributed by atoms with Crippen LogP contribution in [-0.2, 0) is 10.0 Å². The predicted octanol–water partition coefficient (Wildman–Crippen LogP) is 1.67. The van der Waals surface area contributed by atoms with Crippen LogP contribution in [-0.4, -0.2) is 40.0 Å². The molecule has 1 aliphatic heterocycles. The first kappa shape index (κ1) is 18.9. The van der Waals surface area contributed by atoms with Gasteiger partial charge >= 0.3 is 6.18 Å². The third-order valence-electron chi connectivity index (χ3n) is 2.91. The normalized spacial score (nSPS) is 20.3. The maximum absolute atomic E-state index is 11.9. The summed E-state index contributed by atoms with van der Waals surface area (Å²) in [6, 6.07) is 0. The lowest BCUT2D eigenvalue weighted by Gasteiger charge is -2.10. The van der Waals surface area contributed by atoms with E-state index in [1.165, 1.54) is 0 Å². The highest BCUT2D eigenvalue weighted by molar-refractivity contribution is 7.89. The minimum atomic E-state index is -4.29. The molecule has 1 fully saturated rings. The SMILES string of the molecule is Cl.O=S(=O)(CCCC(F)(F)F)NCCC1CCNC1. The Morgan fingerprint density at radius 3 is 2.53 bits per heavy atom. The van der Waals surface area contributed by atoms with Crippen LogP contribution < -0.4 is 10.0 Å². The van der Waals surface area contributed by atoms with Crippen LogP contribution in [0.3, 0.4) is 0 Å². The van der Waals surface area contributed by atoms with E-state index in [4.69, 9.17) is 0 Å². The molecule has 0 saturated carbocycles. The highest BCUT2D eigenvalue weighted by Crippen LogP contribution is 2.21. The molecular formula is C10H20ClF3N2O2S. The van der Waals surface area contributed by atoms with Crippen molar-refractivity contribution in [3.63, 3.8) is 0 Å². The second kappa shape index (κ2) is 8.28. The Bertz CT molecular complexity index is 343. The summed E-state index contributed by atoms with van der Waals surface area (Å²) in [7, 11) is -3.57. The molecule has 4 nitrogen and oxygen atoms in total. The zero-order chi connectivity index (χ0) is 13.6. The third-order valence-corrected chi connectivity index (χ3v) is 4.38. The van der Waals surface area contributed by atoms with Gasteiger partial charge in [-0.15, -0.1) is 12.4 Å². The minimum Gasteiger partial charge on any atom is -0.316 e. The second-order valence-corrected chi connectivity index (χ2v) is 6.51. The Morgan fingerprint density at radius 1 is 1.32 bits per heavy atom. The van der Waals surface area contributed by atoms with Gasteiger partial charge in [0.15, 0.2) is 0 Å². The van der Waals surface area contributed by atoms with Gasteiger partial charge in [-0.25, -0.2) is 13.1 Å². The Hall–Kier alpha value is -0.0500. The maximum Gasteiger partial charge on any atom is 0.389 e. The number of alkyl halides is 3. The van der Waals surface area contributed by atoms with E-state index in [2.05, 4.69) is 10.0 Å². The van der Waals surface area contributed by atoms with Gasteiger partial charge in [-0.1, -0.05) is 0 Å². The Kier molecular flexibility index (Phi) is 8.26. The van der Waals surface area contributed by atoms with Crippen LogP contribution in [0.15, 0.2) is 0 Å². The number of hydrogen-bond donors (Lipinski definition) is 2. The topological polar surface area (TPSA) is 58.2 Å². The Labute approximate surface area is 118 Å². The maximum atomic E-state index is 11.9. The number of sulfonamides is 1. The summed E-state index contributed by atoms with van der Waals surface area (Å²) in [6.45, 7) is 2.14. The molecule has 0 aromatic heterocycles. The zero-order valence-electron chi connectivity index (χ0n) is 10.5. The van der Waals surface area contributed by atoms with E-state index in [-0.39, 0.29) is 18.8 Å². The number of rotatable bonds is 7. The Balaban J connectivity index is 0.00000324. The molecule has 0 aliphatic carbocycles. The van der Waals surface area contributed by atoms with Crippen molar-refractivity contribution in [1.82, 2.24) is 10.0 Å². The van der Waals surface area contributed by atoms with E-state index in [9.17, 15) is 21.6 Å². The van der Waals surface area contributed by atoms with Gasteiger partial charge in [0, 0.05) is 13.0 Å². The lowest BCUT2D eigenvalue weighted by molar-refractivity contribution is -0.134. The van der Waals surface area contributed by atoms with Crippen LogP contribution >= 0.6 is 12.4 Å². The molecule has 0 spiro atoms. The first-order chi connectivity index (χ1) is 8.29. The fraction of sp³-hybridized carbons (Fsp3) is 1.00. The average molecular weight is 325 g/mol. The monoisotopic (exact) mass is 324 g/mol. The van der Waals surface area contributed by atoms with Crippen molar-refractivity contribution in [3.8, 4) is 0 Å². The first-order valence-electron chi connectivity index (χ1n) is 6.03. The van der Waals surface area contributed by atoms with Gasteiger partial charge in [-0.3, -0.25) is 0 Å². The molecular weight excluding hydrogens is 305 g/mol. The lowest BCUT2D eigenvalue weighted by Crippen LogP contribution is -2.29. The van der Waals surface area contributed by atoms with Gasteiger partial charge in [0.1, 0.15) is 0 Å². The van der Waals surface area contributed by atoms with Gasteiger partial charge in [-0.05, 0) is 38.3 Å². The fourth-order valence-corrected chi connectivity index (χ4v) is 3.01. The molecule has 19 heavy (non-hydrogen) atoms. The number of halogens is 4. The second-order valence-electron chi connectivity index (χ2n) is 4.58. The summed E-state index contributed by atoms with van der Waals surface area (Å²) in [5, 5.41) is 3.17. The van der Waals surface area contributed by atoms with Crippen LogP contribution in [0.2, 0.25) is 0 Å². The van der Waals surface area contributed by atoms with Crippen molar-refractivity contribution in [3.05, 3.63) is 0 Å². The number of hydrogen-bond acceptors (Lipinski definition) is 3. The summed E-state index contributed by atoms with van der Waals surface area (Å²) in [5.74, 6) is -0.00187. The van der Waals surface area contributed by atoms with Gasteiger partial charge < -0.3 is 5.32 Å². The lowest BCUT2D eigenvalue weighted by atomic mass is 10.1. The molecule has 2 N–H and O–H groups in total. The average Bonchev–Trinajstić information content (AvgIpc) is 2.67. The van der Waals surface area contributed by atoms with Crippen LogP contribution in [0.1, 0.15) is 25.7 Å². The molecule has 1 unspecified atom stereocenters. The van der Waals surface area contributed by atoms with E-state index < -0.39 is 28.4 Å². The quantitative estimate of drug-likeness (QED) is 0.749. The van der Waals surface area contributed by atoms with Gasteiger partial charge in [0.2, 0.25) is 10.0 Å². The summed E-state index contributed by atoms with van der Waals surface area (Å²) in [6.07, 6.45) is -3.98. The van der Waals surface area contributed by atoms with Gasteiger partial charge in [0.05, 0.1) is 5.75 Å². The van der Waals surface area contributed by atoms with Crippen LogP contribution in [0.25, 0.3) is 0 Å². The van der Waals surface area contributed by atoms with Crippen molar-refractivity contribution in [1.29, 1.82) is 0 Å². The van der Waals surface area contributed by atoms with E-state index >= 15 is 0 Å². The molecule has 0 radical (unpaired) electrons. The van der Waals surface area contributed by atoms with E-state index in [0.717, 1.165) is 25.9 Å². The van der Waals surface area contributed by atoms with E-state index in [1.807, 2.05) is 0 Å². The molecule has 1 rings (SSSR count). The predicted molar refractivity (Wildman–Crippen MR) is 69.9 cm³/mol. The first-order valence-corrected chi connectivity index (χ1v) is 7.68. The van der Waals surface area contributed by atoms with Crippen molar-refractivity contribution in [2.45, 2.75) is 31.9 Å². The zero-order valence-corrected chi connectivity index (χ0v) is 12.1. The summed E-state index contributed by atoms with van der Waals surface area (Å²) in [5.41, 5.74) is 0. The molecule has 0 aromatic rings. The van der Waals surface area contributed by atoms with Crippen molar-refractivity contribution >= 4 is 22.4 Å². The fourth-order valence-electron chi connectivity index (χ4n) is 1.91. The van der Waals surface area contributed by atoms with Crippen LogP contribution in [0, 0.1) is 5.92 Å². The molecule has 0 aromatic carbocycles. The summed E-state index contributed by atoms with van der Waals surface area (Å²) in [4.78, 5) is 0. The van der Waals surface area contributed by atoms with Gasteiger partial charge in [0.25, 0.3) is 0 Å². The number of nitrogens with one attached hydrogen (secondary N) is 2. The van der Waals surface area contributed by atoms with Crippen molar-refractivity contribution < 1.29 is 21.6 Å².